The molecule has 126 valence electrons. The average molecular weight is 411 g/mol. The van der Waals surface area contributed by atoms with Crippen molar-refractivity contribution < 1.29 is 0 Å². The van der Waals surface area contributed by atoms with Gasteiger partial charge in [-0.15, -0.1) is 28.3 Å². The summed E-state index contributed by atoms with van der Waals surface area (Å²) < 4.78 is 0. The largest absolute Gasteiger partial charge is 0.261 e. The van der Waals surface area contributed by atoms with Gasteiger partial charge in [0.05, 0.1) is 5.69 Å². The zero-order valence-corrected chi connectivity index (χ0v) is 16.5. The third-order valence-corrected chi connectivity index (χ3v) is 5.01. The second-order valence-corrected chi connectivity index (χ2v) is 6.74. The SMILES string of the molecule is Br.CCCc1cc(-c2nc(-c3ccc4ccccc4c3)cs2)ccn1. The van der Waals surface area contributed by atoms with Crippen LogP contribution in [0.15, 0.2) is 66.2 Å². The summed E-state index contributed by atoms with van der Waals surface area (Å²) in [4.78, 5) is 9.28. The first-order chi connectivity index (χ1) is 11.8. The lowest BCUT2D eigenvalue weighted by Crippen LogP contribution is -1.89. The van der Waals surface area contributed by atoms with Gasteiger partial charge in [-0.2, -0.15) is 0 Å². The lowest BCUT2D eigenvalue weighted by atomic mass is 10.1. The van der Waals surface area contributed by atoms with Crippen LogP contribution in [0.5, 0.6) is 0 Å². The van der Waals surface area contributed by atoms with E-state index >= 15 is 0 Å². The van der Waals surface area contributed by atoms with E-state index in [9.17, 15) is 0 Å². The number of aryl methyl sites for hydroxylation is 1. The second-order valence-electron chi connectivity index (χ2n) is 5.89. The van der Waals surface area contributed by atoms with Gasteiger partial charge >= 0.3 is 0 Å². The van der Waals surface area contributed by atoms with Crippen molar-refractivity contribution >= 4 is 39.1 Å². The average Bonchev–Trinajstić information content (AvgIpc) is 3.12. The Hall–Kier alpha value is -2.04. The maximum atomic E-state index is 4.85. The Bertz CT molecular complexity index is 994. The van der Waals surface area contributed by atoms with E-state index in [1.807, 2.05) is 12.3 Å². The number of rotatable bonds is 4. The fraction of sp³-hybridized carbons (Fsp3) is 0.143. The Kier molecular flexibility index (Phi) is 5.61. The first-order valence-electron chi connectivity index (χ1n) is 8.23. The van der Waals surface area contributed by atoms with Gasteiger partial charge in [0.25, 0.3) is 0 Å². The van der Waals surface area contributed by atoms with Crippen LogP contribution in [0.4, 0.5) is 0 Å². The molecule has 2 nitrogen and oxygen atoms in total. The normalized spacial score (nSPS) is 10.6. The van der Waals surface area contributed by atoms with Gasteiger partial charge < -0.3 is 0 Å². The van der Waals surface area contributed by atoms with Crippen molar-refractivity contribution in [2.75, 3.05) is 0 Å². The topological polar surface area (TPSA) is 25.8 Å². The highest BCUT2D eigenvalue weighted by Crippen LogP contribution is 2.30. The van der Waals surface area contributed by atoms with Crippen molar-refractivity contribution in [3.63, 3.8) is 0 Å². The summed E-state index contributed by atoms with van der Waals surface area (Å²) in [6.45, 7) is 2.18. The molecule has 0 bridgehead atoms. The maximum Gasteiger partial charge on any atom is 0.124 e. The Morgan fingerprint density at radius 1 is 0.920 bits per heavy atom. The molecule has 4 aromatic rings. The number of hydrogen-bond donors (Lipinski definition) is 0. The van der Waals surface area contributed by atoms with Crippen molar-refractivity contribution in [1.29, 1.82) is 0 Å². The van der Waals surface area contributed by atoms with Crippen LogP contribution < -0.4 is 0 Å². The summed E-state index contributed by atoms with van der Waals surface area (Å²) >= 11 is 1.69. The van der Waals surface area contributed by atoms with Crippen LogP contribution in [0.3, 0.4) is 0 Å². The summed E-state index contributed by atoms with van der Waals surface area (Å²) in [5.74, 6) is 0. The van der Waals surface area contributed by atoms with E-state index in [1.165, 1.54) is 16.3 Å². The molecule has 4 heteroatoms. The number of pyridine rings is 1. The number of nitrogens with zero attached hydrogens (tertiary/aromatic N) is 2. The number of aromatic nitrogens is 2. The predicted molar refractivity (Wildman–Crippen MR) is 113 cm³/mol. The highest BCUT2D eigenvalue weighted by molar-refractivity contribution is 8.93. The molecule has 0 amide bonds. The van der Waals surface area contributed by atoms with E-state index in [0.717, 1.165) is 34.8 Å². The molecule has 2 aromatic heterocycles. The summed E-state index contributed by atoms with van der Waals surface area (Å²) in [5, 5.41) is 5.70. The Morgan fingerprint density at radius 3 is 2.60 bits per heavy atom. The minimum Gasteiger partial charge on any atom is -0.261 e. The molecule has 0 saturated carbocycles. The van der Waals surface area contributed by atoms with Crippen LogP contribution in [-0.2, 0) is 6.42 Å². The predicted octanol–water partition coefficient (Wildman–Crippen LogP) is 6.56. The Labute approximate surface area is 162 Å². The van der Waals surface area contributed by atoms with E-state index in [0.29, 0.717) is 0 Å². The van der Waals surface area contributed by atoms with Gasteiger partial charge in [-0.05, 0) is 35.4 Å². The zero-order chi connectivity index (χ0) is 16.4. The first kappa shape index (κ1) is 17.8. The second kappa shape index (κ2) is 7.89. The quantitative estimate of drug-likeness (QED) is 0.380. The van der Waals surface area contributed by atoms with Gasteiger partial charge in [0.1, 0.15) is 5.01 Å². The lowest BCUT2D eigenvalue weighted by molar-refractivity contribution is 0.883. The number of hydrogen-bond acceptors (Lipinski definition) is 3. The van der Waals surface area contributed by atoms with Crippen molar-refractivity contribution in [3.05, 3.63) is 71.9 Å². The van der Waals surface area contributed by atoms with Gasteiger partial charge in [-0.3, -0.25) is 4.98 Å². The maximum absolute atomic E-state index is 4.85. The van der Waals surface area contributed by atoms with Crippen molar-refractivity contribution in [3.8, 4) is 21.8 Å². The lowest BCUT2D eigenvalue weighted by Gasteiger charge is -2.02. The fourth-order valence-corrected chi connectivity index (χ4v) is 3.72. The molecule has 4 rings (SSSR count). The van der Waals surface area contributed by atoms with Gasteiger partial charge in [-0.25, -0.2) is 4.98 Å². The van der Waals surface area contributed by atoms with Crippen LogP contribution in [-0.4, -0.2) is 9.97 Å². The minimum atomic E-state index is 0. The fourth-order valence-electron chi connectivity index (χ4n) is 2.89. The van der Waals surface area contributed by atoms with E-state index in [2.05, 4.69) is 65.8 Å². The van der Waals surface area contributed by atoms with Gasteiger partial charge in [-0.1, -0.05) is 49.7 Å². The highest BCUT2D eigenvalue weighted by Gasteiger charge is 2.08. The van der Waals surface area contributed by atoms with E-state index in [-0.39, 0.29) is 17.0 Å². The molecule has 0 saturated heterocycles. The minimum absolute atomic E-state index is 0. The van der Waals surface area contributed by atoms with Gasteiger partial charge in [0.15, 0.2) is 0 Å². The third kappa shape index (κ3) is 3.80. The Morgan fingerprint density at radius 2 is 1.76 bits per heavy atom. The number of halogens is 1. The summed E-state index contributed by atoms with van der Waals surface area (Å²) in [5.41, 5.74) is 4.50. The molecule has 0 aliphatic rings. The molecule has 2 aromatic carbocycles. The monoisotopic (exact) mass is 410 g/mol. The molecule has 2 heterocycles. The smallest absolute Gasteiger partial charge is 0.124 e. The zero-order valence-electron chi connectivity index (χ0n) is 14.0. The third-order valence-electron chi connectivity index (χ3n) is 4.12. The standard InChI is InChI=1S/C21H18N2S.BrH/c1-2-5-19-13-18(10-11-22-19)21-23-20(14-24-21)17-9-8-15-6-3-4-7-16(15)12-17;/h3-4,6-14H,2,5H2,1H3;1H. The van der Waals surface area contributed by atoms with Gasteiger partial charge in [0, 0.05) is 28.4 Å². The van der Waals surface area contributed by atoms with E-state index in [4.69, 9.17) is 4.98 Å². The summed E-state index contributed by atoms with van der Waals surface area (Å²) in [6, 6.07) is 19.2. The summed E-state index contributed by atoms with van der Waals surface area (Å²) in [7, 11) is 0. The van der Waals surface area contributed by atoms with Crippen LogP contribution >= 0.6 is 28.3 Å². The molecular weight excluding hydrogens is 392 g/mol. The van der Waals surface area contributed by atoms with Gasteiger partial charge in [0.2, 0.25) is 0 Å². The molecule has 0 aliphatic carbocycles. The molecule has 0 atom stereocenters. The van der Waals surface area contributed by atoms with Crippen LogP contribution in [0, 0.1) is 0 Å². The summed E-state index contributed by atoms with van der Waals surface area (Å²) in [6.07, 6.45) is 4.00. The Balaban J connectivity index is 0.00000182. The van der Waals surface area contributed by atoms with Crippen LogP contribution in [0.2, 0.25) is 0 Å². The first-order valence-corrected chi connectivity index (χ1v) is 9.11. The van der Waals surface area contributed by atoms with Crippen molar-refractivity contribution in [2.24, 2.45) is 0 Å². The molecule has 0 unspecified atom stereocenters. The molecule has 0 fully saturated rings. The van der Waals surface area contributed by atoms with Crippen LogP contribution in [0.1, 0.15) is 19.0 Å². The molecule has 0 N–H and O–H groups in total. The highest BCUT2D eigenvalue weighted by atomic mass is 79.9. The van der Waals surface area contributed by atoms with E-state index in [1.54, 1.807) is 11.3 Å². The van der Waals surface area contributed by atoms with Crippen LogP contribution in [0.25, 0.3) is 32.6 Å². The molecule has 0 spiro atoms. The number of thiazole rings is 1. The van der Waals surface area contributed by atoms with E-state index < -0.39 is 0 Å². The number of fused-ring (bicyclic) bond motifs is 1. The molecule has 25 heavy (non-hydrogen) atoms. The van der Waals surface area contributed by atoms with Crippen molar-refractivity contribution in [1.82, 2.24) is 9.97 Å². The molecule has 0 radical (unpaired) electrons. The molecular formula is C21H19BrN2S. The van der Waals surface area contributed by atoms with Crippen molar-refractivity contribution in [2.45, 2.75) is 19.8 Å². The molecule has 0 aliphatic heterocycles. The number of benzene rings is 2.